The number of ether oxygens (including phenoxy) is 2. The Hall–Kier alpha value is 1.41. The second kappa shape index (κ2) is 7.65. The van der Waals surface area contributed by atoms with Gasteiger partial charge in [-0.05, 0) is 19.3 Å². The van der Waals surface area contributed by atoms with Gasteiger partial charge < -0.3 is 22.4 Å². The number of halogens is 3. The summed E-state index contributed by atoms with van der Waals surface area (Å²) in [6, 6.07) is 0. The zero-order valence-electron chi connectivity index (χ0n) is 8.35. The van der Waals surface area contributed by atoms with Crippen LogP contribution >= 0.6 is 0 Å². The Balaban J connectivity index is 0.00000169. The fourth-order valence-electron chi connectivity index (χ4n) is 1.18. The predicted octanol–water partition coefficient (Wildman–Crippen LogP) is -0.619. The average molecular weight is 236 g/mol. The Morgan fingerprint density at radius 2 is 2.00 bits per heavy atom. The summed E-state index contributed by atoms with van der Waals surface area (Å²) in [6.07, 6.45) is 1.42. The second-order valence-electron chi connectivity index (χ2n) is 3.17. The molecule has 0 aromatic heterocycles. The molecule has 0 unspecified atom stereocenters. The van der Waals surface area contributed by atoms with Crippen molar-refractivity contribution in [1.29, 1.82) is 0 Å². The van der Waals surface area contributed by atoms with Gasteiger partial charge in [0.2, 0.25) is 0 Å². The topological polar surface area (TPSA) is 18.5 Å². The third kappa shape index (κ3) is 7.67. The molecule has 0 aromatic carbocycles. The summed E-state index contributed by atoms with van der Waals surface area (Å²) in [5.74, 6) is 0. The Morgan fingerprint density at radius 1 is 1.29 bits per heavy atom. The number of hydrogen-bond acceptors (Lipinski definition) is 2. The summed E-state index contributed by atoms with van der Waals surface area (Å²) in [6.45, 7) is -4.38. The molecule has 0 saturated carbocycles. The van der Waals surface area contributed by atoms with Crippen molar-refractivity contribution in [2.45, 2.75) is 31.9 Å². The molecule has 0 radical (unpaired) electrons. The molecule has 7 heteroatoms. The molecule has 1 rings (SSSR count). The van der Waals surface area contributed by atoms with E-state index in [9.17, 15) is 12.9 Å². The molecule has 1 fully saturated rings. The molecular formula is C7H13BF3KO2. The maximum Gasteiger partial charge on any atom is 1.00 e. The number of rotatable bonds is 4. The van der Waals surface area contributed by atoms with Gasteiger partial charge in [-0.25, -0.2) is 0 Å². The Morgan fingerprint density at radius 3 is 2.50 bits per heavy atom. The molecule has 0 aromatic rings. The van der Waals surface area contributed by atoms with Gasteiger partial charge in [0.05, 0.1) is 0 Å². The molecule has 1 saturated heterocycles. The van der Waals surface area contributed by atoms with Crippen LogP contribution in [0.2, 0.25) is 6.32 Å². The van der Waals surface area contributed by atoms with Gasteiger partial charge in [0.1, 0.15) is 0 Å². The van der Waals surface area contributed by atoms with E-state index in [4.69, 9.17) is 9.47 Å². The largest absolute Gasteiger partial charge is 1.00 e. The molecule has 14 heavy (non-hydrogen) atoms. The van der Waals surface area contributed by atoms with E-state index in [0.29, 0.717) is 13.0 Å². The normalized spacial score (nSPS) is 22.9. The van der Waals surface area contributed by atoms with Crippen molar-refractivity contribution in [2.75, 3.05) is 13.2 Å². The zero-order valence-corrected chi connectivity index (χ0v) is 11.5. The fourth-order valence-corrected chi connectivity index (χ4v) is 1.18. The van der Waals surface area contributed by atoms with Crippen molar-refractivity contribution >= 4 is 6.98 Å². The molecule has 0 N–H and O–H groups in total. The van der Waals surface area contributed by atoms with E-state index in [2.05, 4.69) is 0 Å². The second-order valence-corrected chi connectivity index (χ2v) is 3.17. The van der Waals surface area contributed by atoms with Crippen LogP contribution in [-0.4, -0.2) is 26.5 Å². The Labute approximate surface area is 124 Å². The summed E-state index contributed by atoms with van der Waals surface area (Å²) in [7, 11) is 0. The maximum atomic E-state index is 11.8. The molecular weight excluding hydrogens is 223 g/mol. The van der Waals surface area contributed by atoms with Crippen molar-refractivity contribution in [3.63, 3.8) is 0 Å². The molecule has 1 aliphatic heterocycles. The standard InChI is InChI=1S/C7H13BF3O2.K/c9-8(10,11)4-6-13-7-3-1-2-5-12-7;/h7H,1-6H2;/q-1;+1/t7-;/m1./s1. The summed E-state index contributed by atoms with van der Waals surface area (Å²) in [5, 5.41) is 0. The van der Waals surface area contributed by atoms with Crippen molar-refractivity contribution < 1.29 is 73.8 Å². The van der Waals surface area contributed by atoms with Gasteiger partial charge in [0.25, 0.3) is 0 Å². The van der Waals surface area contributed by atoms with E-state index in [1.807, 2.05) is 0 Å². The van der Waals surface area contributed by atoms with Gasteiger partial charge in [-0.3, -0.25) is 0 Å². The van der Waals surface area contributed by atoms with Crippen LogP contribution in [0.15, 0.2) is 0 Å². The summed E-state index contributed by atoms with van der Waals surface area (Å²) >= 11 is 0. The minimum Gasteiger partial charge on any atom is -0.449 e. The maximum absolute atomic E-state index is 11.8. The Bertz CT molecular complexity index is 150. The van der Waals surface area contributed by atoms with Gasteiger partial charge >= 0.3 is 58.4 Å². The first-order valence-corrected chi connectivity index (χ1v) is 4.52. The van der Waals surface area contributed by atoms with Crippen LogP contribution in [0.5, 0.6) is 0 Å². The molecule has 2 nitrogen and oxygen atoms in total. The van der Waals surface area contributed by atoms with E-state index < -0.39 is 19.6 Å². The van der Waals surface area contributed by atoms with Crippen molar-refractivity contribution in [2.24, 2.45) is 0 Å². The van der Waals surface area contributed by atoms with Gasteiger partial charge in [-0.2, -0.15) is 0 Å². The third-order valence-electron chi connectivity index (χ3n) is 1.89. The monoisotopic (exact) mass is 236 g/mol. The molecule has 1 heterocycles. The van der Waals surface area contributed by atoms with E-state index in [1.165, 1.54) is 0 Å². The van der Waals surface area contributed by atoms with Crippen LogP contribution in [-0.2, 0) is 9.47 Å². The van der Waals surface area contributed by atoms with E-state index in [-0.39, 0.29) is 58.0 Å². The van der Waals surface area contributed by atoms with Crippen molar-refractivity contribution in [1.82, 2.24) is 0 Å². The fraction of sp³-hybridized carbons (Fsp3) is 1.00. The van der Waals surface area contributed by atoms with Crippen molar-refractivity contribution in [3.8, 4) is 0 Å². The molecule has 78 valence electrons. The van der Waals surface area contributed by atoms with Crippen LogP contribution in [0.25, 0.3) is 0 Å². The molecule has 1 aliphatic rings. The molecule has 0 bridgehead atoms. The zero-order chi connectivity index (χ0) is 9.73. The Kier molecular flexibility index (Phi) is 8.42. The first-order chi connectivity index (χ1) is 6.08. The predicted molar refractivity (Wildman–Crippen MR) is 43.4 cm³/mol. The average Bonchev–Trinajstić information content (AvgIpc) is 2.04. The molecule has 0 amide bonds. The van der Waals surface area contributed by atoms with Gasteiger partial charge in [0, 0.05) is 13.2 Å². The van der Waals surface area contributed by atoms with Crippen LogP contribution in [0.1, 0.15) is 19.3 Å². The van der Waals surface area contributed by atoms with Gasteiger partial charge in [0.15, 0.2) is 6.29 Å². The third-order valence-corrected chi connectivity index (χ3v) is 1.89. The molecule has 0 aliphatic carbocycles. The van der Waals surface area contributed by atoms with Crippen LogP contribution in [0.4, 0.5) is 12.9 Å². The van der Waals surface area contributed by atoms with E-state index in [0.717, 1.165) is 12.8 Å². The quantitative estimate of drug-likeness (QED) is 0.606. The summed E-state index contributed by atoms with van der Waals surface area (Å²) < 4.78 is 45.3. The SMILES string of the molecule is F[B-](F)(F)CCO[C@@H]1CCCCO1.[K+]. The first-order valence-electron chi connectivity index (χ1n) is 4.52. The van der Waals surface area contributed by atoms with Crippen LogP contribution in [0, 0.1) is 0 Å². The van der Waals surface area contributed by atoms with Crippen molar-refractivity contribution in [3.05, 3.63) is 0 Å². The first kappa shape index (κ1) is 15.4. The number of hydrogen-bond donors (Lipinski definition) is 0. The molecule has 0 spiro atoms. The van der Waals surface area contributed by atoms with Crippen LogP contribution in [0.3, 0.4) is 0 Å². The van der Waals surface area contributed by atoms with Gasteiger partial charge in [-0.15, -0.1) is 0 Å². The smallest absolute Gasteiger partial charge is 0.449 e. The van der Waals surface area contributed by atoms with Gasteiger partial charge in [-0.1, -0.05) is 6.32 Å². The summed E-state index contributed by atoms with van der Waals surface area (Å²) in [5.41, 5.74) is 0. The minimum atomic E-state index is -4.71. The van der Waals surface area contributed by atoms with E-state index in [1.54, 1.807) is 0 Å². The summed E-state index contributed by atoms with van der Waals surface area (Å²) in [4.78, 5) is 0. The van der Waals surface area contributed by atoms with E-state index >= 15 is 0 Å². The minimum absolute atomic E-state index is 0. The van der Waals surface area contributed by atoms with Crippen LogP contribution < -0.4 is 51.4 Å². The molecule has 1 atom stereocenters.